The second-order valence-corrected chi connectivity index (χ2v) is 4.18. The smallest absolute Gasteiger partial charge is 0.223 e. The third-order valence-corrected chi connectivity index (χ3v) is 2.66. The monoisotopic (exact) mass is 247 g/mol. The van der Waals surface area contributed by atoms with E-state index in [1.165, 1.54) is 5.56 Å². The van der Waals surface area contributed by atoms with E-state index in [2.05, 4.69) is 15.5 Å². The Morgan fingerprint density at radius 2 is 2.11 bits per heavy atom. The molecule has 1 atom stereocenters. The Hall–Kier alpha value is -1.72. The van der Waals surface area contributed by atoms with Crippen molar-refractivity contribution in [1.29, 1.82) is 0 Å². The first-order valence-electron chi connectivity index (χ1n) is 5.95. The summed E-state index contributed by atoms with van der Waals surface area (Å²) in [5, 5.41) is 16.4. The van der Waals surface area contributed by atoms with E-state index in [1.54, 1.807) is 6.92 Å². The number of rotatable bonds is 6. The van der Waals surface area contributed by atoms with Crippen molar-refractivity contribution < 1.29 is 9.63 Å². The molecule has 2 N–H and O–H groups in total. The zero-order valence-electron chi connectivity index (χ0n) is 10.3. The minimum Gasteiger partial charge on any atom is -0.395 e. The standard InChI is InChI=1S/C13H17N3O2/c1-10-15-13(16-18-10)8-14-12(9-17)7-11-5-3-2-4-6-11/h2-6,12,14,17H,7-9H2,1H3. The van der Waals surface area contributed by atoms with Crippen molar-refractivity contribution in [3.8, 4) is 0 Å². The van der Waals surface area contributed by atoms with Crippen molar-refractivity contribution in [1.82, 2.24) is 15.5 Å². The molecule has 5 heteroatoms. The van der Waals surface area contributed by atoms with Crippen molar-refractivity contribution in [2.75, 3.05) is 6.61 Å². The fraction of sp³-hybridized carbons (Fsp3) is 0.385. The van der Waals surface area contributed by atoms with E-state index in [1.807, 2.05) is 30.3 Å². The quantitative estimate of drug-likeness (QED) is 0.799. The van der Waals surface area contributed by atoms with Crippen LogP contribution in [0.3, 0.4) is 0 Å². The summed E-state index contributed by atoms with van der Waals surface area (Å²) < 4.78 is 4.89. The lowest BCUT2D eigenvalue weighted by molar-refractivity contribution is 0.239. The van der Waals surface area contributed by atoms with Crippen molar-refractivity contribution in [2.24, 2.45) is 0 Å². The molecular formula is C13H17N3O2. The summed E-state index contributed by atoms with van der Waals surface area (Å²) in [5.74, 6) is 1.16. The third kappa shape index (κ3) is 3.65. The summed E-state index contributed by atoms with van der Waals surface area (Å²) in [6, 6.07) is 10.0. The molecule has 1 unspecified atom stereocenters. The Labute approximate surface area is 106 Å². The fourth-order valence-electron chi connectivity index (χ4n) is 1.75. The topological polar surface area (TPSA) is 71.2 Å². The molecule has 1 heterocycles. The van der Waals surface area contributed by atoms with Crippen molar-refractivity contribution in [3.63, 3.8) is 0 Å². The van der Waals surface area contributed by atoms with Gasteiger partial charge in [0.1, 0.15) is 0 Å². The molecule has 0 saturated heterocycles. The fourth-order valence-corrected chi connectivity index (χ4v) is 1.75. The minimum absolute atomic E-state index is 0.00814. The van der Waals surface area contributed by atoms with Crippen molar-refractivity contribution >= 4 is 0 Å². The molecule has 0 aliphatic heterocycles. The number of aromatic nitrogens is 2. The van der Waals surface area contributed by atoms with E-state index in [4.69, 9.17) is 4.52 Å². The normalized spacial score (nSPS) is 12.6. The third-order valence-electron chi connectivity index (χ3n) is 2.66. The molecule has 0 aliphatic carbocycles. The van der Waals surface area contributed by atoms with Gasteiger partial charge in [-0.05, 0) is 12.0 Å². The number of hydrogen-bond acceptors (Lipinski definition) is 5. The van der Waals surface area contributed by atoms with Gasteiger partial charge in [0.15, 0.2) is 5.82 Å². The van der Waals surface area contributed by atoms with Gasteiger partial charge >= 0.3 is 0 Å². The first kappa shape index (κ1) is 12.7. The maximum absolute atomic E-state index is 9.34. The lowest BCUT2D eigenvalue weighted by Crippen LogP contribution is -2.34. The van der Waals surface area contributed by atoms with E-state index in [0.29, 0.717) is 18.3 Å². The molecule has 0 bridgehead atoms. The molecule has 0 spiro atoms. The SMILES string of the molecule is Cc1nc(CNC(CO)Cc2ccccc2)no1. The van der Waals surface area contributed by atoms with Gasteiger partial charge in [0.05, 0.1) is 13.2 Å². The van der Waals surface area contributed by atoms with Gasteiger partial charge in [-0.3, -0.25) is 0 Å². The molecule has 2 aromatic rings. The maximum atomic E-state index is 9.34. The highest BCUT2D eigenvalue weighted by Crippen LogP contribution is 2.03. The minimum atomic E-state index is -0.00814. The van der Waals surface area contributed by atoms with Crippen LogP contribution >= 0.6 is 0 Å². The van der Waals surface area contributed by atoms with Crippen LogP contribution in [0.5, 0.6) is 0 Å². The number of aliphatic hydroxyl groups is 1. The van der Waals surface area contributed by atoms with Crippen LogP contribution in [-0.4, -0.2) is 27.9 Å². The molecule has 1 aromatic heterocycles. The molecule has 1 aromatic carbocycles. The molecule has 0 radical (unpaired) electrons. The zero-order valence-corrected chi connectivity index (χ0v) is 10.3. The summed E-state index contributed by atoms with van der Waals surface area (Å²) in [6.07, 6.45) is 0.772. The molecule has 0 aliphatic rings. The van der Waals surface area contributed by atoms with Gasteiger partial charge in [-0.25, -0.2) is 0 Å². The zero-order chi connectivity index (χ0) is 12.8. The summed E-state index contributed by atoms with van der Waals surface area (Å²) in [6.45, 7) is 2.32. The van der Waals surface area contributed by atoms with Gasteiger partial charge < -0.3 is 14.9 Å². The summed E-state index contributed by atoms with van der Waals surface area (Å²) in [5.41, 5.74) is 1.19. The van der Waals surface area contributed by atoms with Crippen molar-refractivity contribution in [2.45, 2.75) is 25.9 Å². The first-order chi connectivity index (χ1) is 8.78. The highest BCUT2D eigenvalue weighted by molar-refractivity contribution is 5.15. The van der Waals surface area contributed by atoms with Gasteiger partial charge in [-0.15, -0.1) is 0 Å². The Morgan fingerprint density at radius 3 is 2.72 bits per heavy atom. The molecular weight excluding hydrogens is 230 g/mol. The summed E-state index contributed by atoms with van der Waals surface area (Å²) >= 11 is 0. The van der Waals surface area contributed by atoms with E-state index >= 15 is 0 Å². The largest absolute Gasteiger partial charge is 0.395 e. The van der Waals surface area contributed by atoms with E-state index < -0.39 is 0 Å². The first-order valence-corrected chi connectivity index (χ1v) is 5.95. The van der Waals surface area contributed by atoms with Gasteiger partial charge in [-0.2, -0.15) is 4.98 Å². The number of nitrogens with one attached hydrogen (secondary N) is 1. The molecule has 0 amide bonds. The van der Waals surface area contributed by atoms with Crippen LogP contribution in [0.2, 0.25) is 0 Å². The average molecular weight is 247 g/mol. The Balaban J connectivity index is 1.86. The van der Waals surface area contributed by atoms with Crippen LogP contribution in [0.1, 0.15) is 17.3 Å². The maximum Gasteiger partial charge on any atom is 0.223 e. The molecule has 0 saturated carbocycles. The predicted molar refractivity (Wildman–Crippen MR) is 66.9 cm³/mol. The van der Waals surface area contributed by atoms with Gasteiger partial charge in [0.2, 0.25) is 5.89 Å². The van der Waals surface area contributed by atoms with E-state index in [0.717, 1.165) is 6.42 Å². The van der Waals surface area contributed by atoms with E-state index in [9.17, 15) is 5.11 Å². The highest BCUT2D eigenvalue weighted by Gasteiger charge is 2.09. The predicted octanol–water partition coefficient (Wildman–Crippen LogP) is 1.07. The number of hydrogen-bond donors (Lipinski definition) is 2. The molecule has 0 fully saturated rings. The summed E-state index contributed by atoms with van der Waals surface area (Å²) in [7, 11) is 0. The van der Waals surface area contributed by atoms with E-state index in [-0.39, 0.29) is 12.6 Å². The van der Waals surface area contributed by atoms with Gasteiger partial charge in [0.25, 0.3) is 0 Å². The molecule has 2 rings (SSSR count). The Kier molecular flexibility index (Phi) is 4.44. The van der Waals surface area contributed by atoms with Crippen LogP contribution in [0.25, 0.3) is 0 Å². The number of aryl methyl sites for hydroxylation is 1. The van der Waals surface area contributed by atoms with Crippen molar-refractivity contribution in [3.05, 3.63) is 47.6 Å². The Bertz CT molecular complexity index is 470. The number of nitrogens with zero attached hydrogens (tertiary/aromatic N) is 2. The second-order valence-electron chi connectivity index (χ2n) is 4.18. The highest BCUT2D eigenvalue weighted by atomic mass is 16.5. The van der Waals surface area contributed by atoms with Crippen LogP contribution in [-0.2, 0) is 13.0 Å². The van der Waals surface area contributed by atoms with Crippen LogP contribution in [0, 0.1) is 6.92 Å². The molecule has 5 nitrogen and oxygen atoms in total. The lowest BCUT2D eigenvalue weighted by Gasteiger charge is -2.14. The number of aliphatic hydroxyl groups excluding tert-OH is 1. The van der Waals surface area contributed by atoms with Crippen LogP contribution in [0.4, 0.5) is 0 Å². The lowest BCUT2D eigenvalue weighted by atomic mass is 10.1. The van der Waals surface area contributed by atoms with Crippen LogP contribution < -0.4 is 5.32 Å². The molecule has 96 valence electrons. The summed E-state index contributed by atoms with van der Waals surface area (Å²) in [4.78, 5) is 4.10. The average Bonchev–Trinajstić information content (AvgIpc) is 2.81. The Morgan fingerprint density at radius 1 is 1.33 bits per heavy atom. The second kappa shape index (κ2) is 6.28. The number of benzene rings is 1. The molecule has 18 heavy (non-hydrogen) atoms. The van der Waals surface area contributed by atoms with Crippen LogP contribution in [0.15, 0.2) is 34.9 Å². The van der Waals surface area contributed by atoms with Gasteiger partial charge in [0, 0.05) is 13.0 Å². The van der Waals surface area contributed by atoms with Gasteiger partial charge in [-0.1, -0.05) is 35.5 Å².